The number of benzene rings is 1. The molecule has 1 aliphatic carbocycles. The number of hydrogen-bond acceptors (Lipinski definition) is 3. The van der Waals surface area contributed by atoms with Crippen molar-refractivity contribution < 1.29 is 9.53 Å². The number of aromatic nitrogens is 1. The standard InChI is InChI=1S/C23H30N2O2/c1-16-20-13-21(24-14-18(20)10-11-22(16)27-2)19-9-6-12-25(15-19)23(26)17-7-4-3-5-8-17/h10-11,13-14,17,19H,3-9,12,15H2,1-2H3/t19-/m1/s1. The molecule has 0 unspecified atom stereocenters. The average molecular weight is 367 g/mol. The van der Waals surface area contributed by atoms with Crippen LogP contribution in [0.1, 0.15) is 62.1 Å². The lowest BCUT2D eigenvalue weighted by atomic mass is 9.86. The number of methoxy groups -OCH3 is 1. The van der Waals surface area contributed by atoms with Gasteiger partial charge in [0.25, 0.3) is 0 Å². The summed E-state index contributed by atoms with van der Waals surface area (Å²) in [4.78, 5) is 19.8. The van der Waals surface area contributed by atoms with E-state index in [2.05, 4.69) is 24.0 Å². The third-order valence-corrected chi connectivity index (χ3v) is 6.47. The zero-order valence-electron chi connectivity index (χ0n) is 16.5. The first-order valence-electron chi connectivity index (χ1n) is 10.4. The van der Waals surface area contributed by atoms with Gasteiger partial charge in [0, 0.05) is 42.2 Å². The van der Waals surface area contributed by atoms with E-state index in [0.29, 0.717) is 11.8 Å². The first-order chi connectivity index (χ1) is 13.2. The van der Waals surface area contributed by atoms with Crippen LogP contribution in [-0.2, 0) is 4.79 Å². The van der Waals surface area contributed by atoms with E-state index in [4.69, 9.17) is 9.72 Å². The van der Waals surface area contributed by atoms with E-state index in [1.54, 1.807) is 7.11 Å². The molecule has 2 aromatic rings. The number of carbonyl (C=O) groups excluding carboxylic acids is 1. The second-order valence-electron chi connectivity index (χ2n) is 8.18. The van der Waals surface area contributed by atoms with Gasteiger partial charge in [0.1, 0.15) is 5.75 Å². The normalized spacial score (nSPS) is 21.4. The Morgan fingerprint density at radius 1 is 1.15 bits per heavy atom. The van der Waals surface area contributed by atoms with Crippen molar-refractivity contribution in [1.29, 1.82) is 0 Å². The lowest BCUT2D eigenvalue weighted by Gasteiger charge is -2.35. The molecule has 1 saturated carbocycles. The summed E-state index contributed by atoms with van der Waals surface area (Å²) in [6, 6.07) is 6.29. The van der Waals surface area contributed by atoms with Crippen LogP contribution in [0.5, 0.6) is 5.75 Å². The molecule has 1 aromatic carbocycles. The predicted molar refractivity (Wildman–Crippen MR) is 108 cm³/mol. The molecule has 0 bridgehead atoms. The number of carbonyl (C=O) groups is 1. The molecular weight excluding hydrogens is 336 g/mol. The molecule has 2 heterocycles. The number of pyridine rings is 1. The number of ether oxygens (including phenoxy) is 1. The van der Waals surface area contributed by atoms with Crippen LogP contribution in [0.3, 0.4) is 0 Å². The van der Waals surface area contributed by atoms with E-state index in [-0.39, 0.29) is 5.92 Å². The van der Waals surface area contributed by atoms with Gasteiger partial charge in [-0.1, -0.05) is 19.3 Å². The number of aryl methyl sites for hydroxylation is 1. The third-order valence-electron chi connectivity index (χ3n) is 6.47. The van der Waals surface area contributed by atoms with Gasteiger partial charge in [-0.05, 0) is 61.8 Å². The molecule has 27 heavy (non-hydrogen) atoms. The monoisotopic (exact) mass is 366 g/mol. The largest absolute Gasteiger partial charge is 0.496 e. The van der Waals surface area contributed by atoms with Gasteiger partial charge >= 0.3 is 0 Å². The molecule has 1 aromatic heterocycles. The van der Waals surface area contributed by atoms with Crippen molar-refractivity contribution in [3.8, 4) is 5.75 Å². The minimum Gasteiger partial charge on any atom is -0.496 e. The van der Waals surface area contributed by atoms with Gasteiger partial charge in [-0.25, -0.2) is 0 Å². The van der Waals surface area contributed by atoms with Crippen LogP contribution < -0.4 is 4.74 Å². The van der Waals surface area contributed by atoms with Crippen LogP contribution in [0.4, 0.5) is 0 Å². The highest BCUT2D eigenvalue weighted by atomic mass is 16.5. The maximum absolute atomic E-state index is 13.0. The van der Waals surface area contributed by atoms with Gasteiger partial charge in [-0.2, -0.15) is 0 Å². The number of likely N-dealkylation sites (tertiary alicyclic amines) is 1. The number of fused-ring (bicyclic) bond motifs is 1. The van der Waals surface area contributed by atoms with Crippen molar-refractivity contribution in [3.05, 3.63) is 35.7 Å². The summed E-state index contributed by atoms with van der Waals surface area (Å²) in [7, 11) is 1.71. The average Bonchev–Trinajstić information content (AvgIpc) is 2.74. The van der Waals surface area contributed by atoms with Gasteiger partial charge in [0.15, 0.2) is 0 Å². The SMILES string of the molecule is COc1ccc2cnc([C@@H]3CCCN(C(=O)C4CCCCC4)C3)cc2c1C. The second-order valence-corrected chi connectivity index (χ2v) is 8.18. The minimum absolute atomic E-state index is 0.258. The summed E-state index contributed by atoms with van der Waals surface area (Å²) in [5, 5.41) is 2.35. The van der Waals surface area contributed by atoms with Crippen LogP contribution in [0, 0.1) is 12.8 Å². The number of piperidine rings is 1. The Bertz CT molecular complexity index is 826. The minimum atomic E-state index is 0.258. The summed E-state index contributed by atoms with van der Waals surface area (Å²) in [6.45, 7) is 3.83. The number of hydrogen-bond donors (Lipinski definition) is 0. The fourth-order valence-corrected chi connectivity index (χ4v) is 4.83. The third kappa shape index (κ3) is 3.67. The maximum Gasteiger partial charge on any atom is 0.225 e. The van der Waals surface area contributed by atoms with Crippen molar-refractivity contribution >= 4 is 16.7 Å². The molecule has 0 radical (unpaired) electrons. The van der Waals surface area contributed by atoms with E-state index >= 15 is 0 Å². The summed E-state index contributed by atoms with van der Waals surface area (Å²) in [5.41, 5.74) is 2.27. The van der Waals surface area contributed by atoms with Gasteiger partial charge in [0.05, 0.1) is 7.11 Å². The fraction of sp³-hybridized carbons (Fsp3) is 0.565. The second kappa shape index (κ2) is 7.87. The Kier molecular flexibility index (Phi) is 5.33. The summed E-state index contributed by atoms with van der Waals surface area (Å²) in [6.07, 6.45) is 10.0. The quantitative estimate of drug-likeness (QED) is 0.781. The molecule has 2 fully saturated rings. The summed E-state index contributed by atoms with van der Waals surface area (Å²) < 4.78 is 5.48. The molecule has 1 saturated heterocycles. The van der Waals surface area contributed by atoms with Crippen molar-refractivity contribution in [2.24, 2.45) is 5.92 Å². The van der Waals surface area contributed by atoms with E-state index in [1.165, 1.54) is 24.6 Å². The number of rotatable bonds is 3. The molecule has 144 valence electrons. The van der Waals surface area contributed by atoms with E-state index in [9.17, 15) is 4.79 Å². The number of amides is 1. The molecule has 1 aliphatic heterocycles. The zero-order valence-corrected chi connectivity index (χ0v) is 16.5. The molecular formula is C23H30N2O2. The topological polar surface area (TPSA) is 42.4 Å². The van der Waals surface area contributed by atoms with E-state index < -0.39 is 0 Å². The maximum atomic E-state index is 13.0. The van der Waals surface area contributed by atoms with Crippen molar-refractivity contribution in [2.45, 2.75) is 57.8 Å². The summed E-state index contributed by atoms with van der Waals surface area (Å²) in [5.74, 6) is 1.89. The molecule has 0 N–H and O–H groups in total. The Labute approximate surface area is 161 Å². The van der Waals surface area contributed by atoms with Crippen LogP contribution in [0.25, 0.3) is 10.8 Å². The van der Waals surface area contributed by atoms with Crippen molar-refractivity contribution in [1.82, 2.24) is 9.88 Å². The fourth-order valence-electron chi connectivity index (χ4n) is 4.83. The van der Waals surface area contributed by atoms with Crippen LogP contribution in [-0.4, -0.2) is 36.0 Å². The molecule has 4 rings (SSSR count). The molecule has 1 atom stereocenters. The van der Waals surface area contributed by atoms with E-state index in [1.807, 2.05) is 12.3 Å². The molecule has 2 aliphatic rings. The molecule has 4 nitrogen and oxygen atoms in total. The predicted octanol–water partition coefficient (Wildman–Crippen LogP) is 4.84. The van der Waals surface area contributed by atoms with Gasteiger partial charge in [-0.15, -0.1) is 0 Å². The Morgan fingerprint density at radius 3 is 2.74 bits per heavy atom. The molecule has 0 spiro atoms. The first-order valence-corrected chi connectivity index (χ1v) is 10.4. The zero-order chi connectivity index (χ0) is 18.8. The lowest BCUT2D eigenvalue weighted by molar-refractivity contribution is -0.137. The molecule has 4 heteroatoms. The Balaban J connectivity index is 1.55. The Hall–Kier alpha value is -2.10. The number of nitrogens with zero attached hydrogens (tertiary/aromatic N) is 2. The summed E-state index contributed by atoms with van der Waals surface area (Å²) >= 11 is 0. The first kappa shape index (κ1) is 18.3. The van der Waals surface area contributed by atoms with Crippen molar-refractivity contribution in [3.63, 3.8) is 0 Å². The van der Waals surface area contributed by atoms with Crippen LogP contribution in [0.15, 0.2) is 24.4 Å². The smallest absolute Gasteiger partial charge is 0.225 e. The highest BCUT2D eigenvalue weighted by Gasteiger charge is 2.30. The lowest BCUT2D eigenvalue weighted by Crippen LogP contribution is -2.43. The van der Waals surface area contributed by atoms with Gasteiger partial charge in [-0.3, -0.25) is 9.78 Å². The van der Waals surface area contributed by atoms with Crippen LogP contribution >= 0.6 is 0 Å². The van der Waals surface area contributed by atoms with Crippen molar-refractivity contribution in [2.75, 3.05) is 20.2 Å². The highest BCUT2D eigenvalue weighted by Crippen LogP contribution is 2.33. The Morgan fingerprint density at radius 2 is 1.96 bits per heavy atom. The van der Waals surface area contributed by atoms with Gasteiger partial charge < -0.3 is 9.64 Å². The van der Waals surface area contributed by atoms with E-state index in [0.717, 1.165) is 61.2 Å². The highest BCUT2D eigenvalue weighted by molar-refractivity contribution is 5.87. The molecule has 1 amide bonds. The van der Waals surface area contributed by atoms with Gasteiger partial charge in [0.2, 0.25) is 5.91 Å². The van der Waals surface area contributed by atoms with Crippen LogP contribution in [0.2, 0.25) is 0 Å².